The van der Waals surface area contributed by atoms with E-state index in [9.17, 15) is 9.59 Å². The molecule has 2 aliphatic rings. The average molecular weight is 350 g/mol. The van der Waals surface area contributed by atoms with Crippen LogP contribution in [0.2, 0.25) is 5.02 Å². The van der Waals surface area contributed by atoms with Gasteiger partial charge in [-0.3, -0.25) is 9.69 Å². The highest BCUT2D eigenvalue weighted by molar-refractivity contribution is 6.31. The summed E-state index contributed by atoms with van der Waals surface area (Å²) in [6, 6.07) is 7.62. The number of likely N-dealkylation sites (N-methyl/N-ethyl adjacent to an activating group) is 1. The Balaban J connectivity index is 1.64. The molecule has 2 saturated heterocycles. The van der Waals surface area contributed by atoms with Crippen LogP contribution >= 0.6 is 11.6 Å². The van der Waals surface area contributed by atoms with E-state index in [1.54, 1.807) is 7.05 Å². The van der Waals surface area contributed by atoms with Crippen LogP contribution in [-0.2, 0) is 11.2 Å². The van der Waals surface area contributed by atoms with Gasteiger partial charge in [-0.25, -0.2) is 4.79 Å². The number of halogens is 1. The Hall–Kier alpha value is -1.59. The van der Waals surface area contributed by atoms with Crippen LogP contribution in [0.15, 0.2) is 24.3 Å². The third-order valence-corrected chi connectivity index (χ3v) is 5.77. The Morgan fingerprint density at radius 1 is 1.33 bits per heavy atom. The summed E-state index contributed by atoms with van der Waals surface area (Å²) in [5, 5.41) is 3.70. The van der Waals surface area contributed by atoms with Gasteiger partial charge in [-0.2, -0.15) is 0 Å². The first-order valence-electron chi connectivity index (χ1n) is 8.48. The van der Waals surface area contributed by atoms with Crippen molar-refractivity contribution in [3.63, 3.8) is 0 Å². The van der Waals surface area contributed by atoms with Crippen molar-refractivity contribution in [2.75, 3.05) is 26.7 Å². The van der Waals surface area contributed by atoms with E-state index in [2.05, 4.69) is 16.3 Å². The van der Waals surface area contributed by atoms with Crippen LogP contribution in [0.1, 0.15) is 25.3 Å². The molecule has 1 N–H and O–H groups in total. The van der Waals surface area contributed by atoms with Gasteiger partial charge in [0.2, 0.25) is 0 Å². The second-order valence-corrected chi connectivity index (χ2v) is 7.39. The number of amides is 3. The number of rotatable bonds is 4. The lowest BCUT2D eigenvalue weighted by molar-refractivity contribution is -0.132. The molecule has 0 radical (unpaired) electrons. The second-order valence-electron chi connectivity index (χ2n) is 6.98. The number of hydrogen-bond acceptors (Lipinski definition) is 3. The highest BCUT2D eigenvalue weighted by Gasteiger charge is 2.51. The molecule has 0 bridgehead atoms. The molecule has 0 saturated carbocycles. The molecule has 2 heterocycles. The average Bonchev–Trinajstić information content (AvgIpc) is 2.78. The minimum atomic E-state index is -0.783. The Bertz CT molecular complexity index is 651. The van der Waals surface area contributed by atoms with E-state index in [4.69, 9.17) is 11.6 Å². The highest BCUT2D eigenvalue weighted by Crippen LogP contribution is 2.32. The maximum atomic E-state index is 12.5. The zero-order valence-corrected chi connectivity index (χ0v) is 15.0. The number of carbonyl (C=O) groups excluding carboxylic acids is 2. The van der Waals surface area contributed by atoms with Crippen LogP contribution in [0.25, 0.3) is 0 Å². The summed E-state index contributed by atoms with van der Waals surface area (Å²) in [7, 11) is 1.54. The van der Waals surface area contributed by atoms with Gasteiger partial charge < -0.3 is 10.2 Å². The van der Waals surface area contributed by atoms with E-state index in [0.717, 1.165) is 49.5 Å². The number of nitrogens with one attached hydrogen (secondary N) is 1. The van der Waals surface area contributed by atoms with E-state index in [1.807, 2.05) is 25.1 Å². The van der Waals surface area contributed by atoms with Gasteiger partial charge in [0.1, 0.15) is 5.54 Å². The van der Waals surface area contributed by atoms with Crippen molar-refractivity contribution in [1.82, 2.24) is 15.1 Å². The quantitative estimate of drug-likeness (QED) is 0.850. The predicted octanol–water partition coefficient (Wildman–Crippen LogP) is 2.53. The van der Waals surface area contributed by atoms with Gasteiger partial charge in [0, 0.05) is 31.1 Å². The van der Waals surface area contributed by atoms with Gasteiger partial charge in [-0.1, -0.05) is 29.8 Å². The molecular weight excluding hydrogens is 326 g/mol. The lowest BCUT2D eigenvalue weighted by Crippen LogP contribution is -2.55. The van der Waals surface area contributed by atoms with Crippen LogP contribution in [0, 0.1) is 5.92 Å². The van der Waals surface area contributed by atoms with Crippen LogP contribution in [0.3, 0.4) is 0 Å². The van der Waals surface area contributed by atoms with Crippen LogP contribution in [-0.4, -0.2) is 54.0 Å². The molecular formula is C18H24ClN3O2. The molecule has 2 fully saturated rings. The number of likely N-dealkylation sites (tertiary alicyclic amines) is 1. The summed E-state index contributed by atoms with van der Waals surface area (Å²) >= 11 is 6.23. The van der Waals surface area contributed by atoms with E-state index in [0.29, 0.717) is 0 Å². The molecule has 0 aromatic heterocycles. The molecule has 3 amide bonds. The Morgan fingerprint density at radius 2 is 2.08 bits per heavy atom. The summed E-state index contributed by atoms with van der Waals surface area (Å²) in [6.45, 7) is 4.61. The first kappa shape index (κ1) is 17.2. The maximum Gasteiger partial charge on any atom is 0.324 e. The van der Waals surface area contributed by atoms with Crippen molar-refractivity contribution in [3.05, 3.63) is 34.9 Å². The van der Waals surface area contributed by atoms with Gasteiger partial charge in [-0.05, 0) is 44.4 Å². The number of urea groups is 1. The molecule has 5 nitrogen and oxygen atoms in total. The fraction of sp³-hybridized carbons (Fsp3) is 0.556. The Labute approximate surface area is 147 Å². The number of piperidine rings is 1. The third kappa shape index (κ3) is 3.15. The third-order valence-electron chi connectivity index (χ3n) is 5.40. The summed E-state index contributed by atoms with van der Waals surface area (Å²) in [6.07, 6.45) is 2.89. The van der Waals surface area contributed by atoms with E-state index in [1.165, 1.54) is 4.90 Å². The number of benzene rings is 1. The molecule has 130 valence electrons. The zero-order chi connectivity index (χ0) is 17.3. The van der Waals surface area contributed by atoms with Crippen LogP contribution in [0.4, 0.5) is 4.79 Å². The SMILES string of the molecule is CN1C(=O)NC(C)(C2CCCN(CCc3ccccc3Cl)C2)C1=O. The summed E-state index contributed by atoms with van der Waals surface area (Å²) in [5.74, 6) is 0.0179. The lowest BCUT2D eigenvalue weighted by atomic mass is 9.80. The second kappa shape index (κ2) is 6.73. The standard InChI is InChI=1S/C18H24ClN3O2/c1-18(16(23)21(2)17(24)20-18)14-7-5-10-22(12-14)11-9-13-6-3-4-8-15(13)19/h3-4,6,8,14H,5,7,9-12H2,1-2H3,(H,20,24). The molecule has 2 aliphatic heterocycles. The van der Waals surface area contributed by atoms with Crippen LogP contribution < -0.4 is 5.32 Å². The molecule has 6 heteroatoms. The molecule has 1 aromatic carbocycles. The van der Waals surface area contributed by atoms with Gasteiger partial charge >= 0.3 is 6.03 Å². The van der Waals surface area contributed by atoms with Crippen LogP contribution in [0.5, 0.6) is 0 Å². The van der Waals surface area contributed by atoms with Gasteiger partial charge in [0.15, 0.2) is 0 Å². The molecule has 0 spiro atoms. The van der Waals surface area contributed by atoms with Crippen molar-refractivity contribution in [2.24, 2.45) is 5.92 Å². The first-order chi connectivity index (χ1) is 11.4. The number of carbonyl (C=O) groups is 2. The molecule has 0 aliphatic carbocycles. The monoisotopic (exact) mass is 349 g/mol. The minimum absolute atomic E-state index is 0.120. The van der Waals surface area contributed by atoms with Crippen molar-refractivity contribution in [3.8, 4) is 0 Å². The van der Waals surface area contributed by atoms with Crippen molar-refractivity contribution < 1.29 is 9.59 Å². The fourth-order valence-electron chi connectivity index (χ4n) is 3.79. The smallest absolute Gasteiger partial charge is 0.323 e. The van der Waals surface area contributed by atoms with E-state index >= 15 is 0 Å². The van der Waals surface area contributed by atoms with Crippen molar-refractivity contribution in [2.45, 2.75) is 31.7 Å². The van der Waals surface area contributed by atoms with E-state index < -0.39 is 5.54 Å². The van der Waals surface area contributed by atoms with Crippen molar-refractivity contribution in [1.29, 1.82) is 0 Å². The lowest BCUT2D eigenvalue weighted by Gasteiger charge is -2.39. The number of imide groups is 1. The van der Waals surface area contributed by atoms with Crippen molar-refractivity contribution >= 4 is 23.5 Å². The Kier molecular flexibility index (Phi) is 4.83. The van der Waals surface area contributed by atoms with Gasteiger partial charge in [0.25, 0.3) is 5.91 Å². The largest absolute Gasteiger partial charge is 0.324 e. The topological polar surface area (TPSA) is 52.7 Å². The normalized spacial score (nSPS) is 28.3. The van der Waals surface area contributed by atoms with E-state index in [-0.39, 0.29) is 17.9 Å². The first-order valence-corrected chi connectivity index (χ1v) is 8.85. The number of hydrogen-bond donors (Lipinski definition) is 1. The fourth-order valence-corrected chi connectivity index (χ4v) is 4.02. The molecule has 2 unspecified atom stereocenters. The predicted molar refractivity (Wildman–Crippen MR) is 94.0 cm³/mol. The van der Waals surface area contributed by atoms with Gasteiger partial charge in [-0.15, -0.1) is 0 Å². The zero-order valence-electron chi connectivity index (χ0n) is 14.2. The Morgan fingerprint density at radius 3 is 2.75 bits per heavy atom. The molecule has 1 aromatic rings. The summed E-state index contributed by atoms with van der Waals surface area (Å²) in [4.78, 5) is 27.9. The number of nitrogens with zero attached hydrogens (tertiary/aromatic N) is 2. The maximum absolute atomic E-state index is 12.5. The molecule has 2 atom stereocenters. The summed E-state index contributed by atoms with van der Waals surface area (Å²) in [5.41, 5.74) is 0.368. The molecule has 24 heavy (non-hydrogen) atoms. The summed E-state index contributed by atoms with van der Waals surface area (Å²) < 4.78 is 0. The minimum Gasteiger partial charge on any atom is -0.323 e. The van der Waals surface area contributed by atoms with Gasteiger partial charge in [0.05, 0.1) is 0 Å². The highest BCUT2D eigenvalue weighted by atomic mass is 35.5. The molecule has 3 rings (SSSR count).